The SMILES string of the molecule is O=C(CNc1ccc(F)cc1OCCO)Nc1cc(F)ccc1F. The number of hydrogen-bond donors (Lipinski definition) is 3. The molecule has 0 fully saturated rings. The normalized spacial score (nSPS) is 10.3. The van der Waals surface area contributed by atoms with Crippen LogP contribution in [0.3, 0.4) is 0 Å². The molecule has 1 amide bonds. The quantitative estimate of drug-likeness (QED) is 0.724. The van der Waals surface area contributed by atoms with Crippen LogP contribution in [0.15, 0.2) is 36.4 Å². The Bertz CT molecular complexity index is 726. The zero-order valence-electron chi connectivity index (χ0n) is 12.5. The second kappa shape index (κ2) is 8.21. The summed E-state index contributed by atoms with van der Waals surface area (Å²) in [6.45, 7) is -0.578. The summed E-state index contributed by atoms with van der Waals surface area (Å²) in [6, 6.07) is 6.32. The molecule has 3 N–H and O–H groups in total. The van der Waals surface area contributed by atoms with Crippen molar-refractivity contribution in [1.29, 1.82) is 0 Å². The summed E-state index contributed by atoms with van der Waals surface area (Å²) in [7, 11) is 0. The van der Waals surface area contributed by atoms with Gasteiger partial charge < -0.3 is 20.5 Å². The van der Waals surface area contributed by atoms with Crippen LogP contribution in [0.5, 0.6) is 5.75 Å². The molecule has 2 aromatic carbocycles. The smallest absolute Gasteiger partial charge is 0.243 e. The minimum Gasteiger partial charge on any atom is -0.489 e. The summed E-state index contributed by atoms with van der Waals surface area (Å²) < 4.78 is 44.9. The van der Waals surface area contributed by atoms with Crippen LogP contribution in [-0.2, 0) is 4.79 Å². The fraction of sp³-hybridized carbons (Fsp3) is 0.188. The topological polar surface area (TPSA) is 70.6 Å². The number of carbonyl (C=O) groups is 1. The van der Waals surface area contributed by atoms with Crippen LogP contribution >= 0.6 is 0 Å². The van der Waals surface area contributed by atoms with E-state index >= 15 is 0 Å². The third-order valence-corrected chi connectivity index (χ3v) is 2.93. The van der Waals surface area contributed by atoms with E-state index in [-0.39, 0.29) is 31.2 Å². The van der Waals surface area contributed by atoms with Crippen LogP contribution in [0, 0.1) is 17.5 Å². The largest absolute Gasteiger partial charge is 0.489 e. The van der Waals surface area contributed by atoms with Crippen LogP contribution in [0.2, 0.25) is 0 Å². The first-order valence-electron chi connectivity index (χ1n) is 7.01. The number of hydrogen-bond acceptors (Lipinski definition) is 4. The molecule has 0 atom stereocenters. The molecule has 0 heterocycles. The van der Waals surface area contributed by atoms with Crippen LogP contribution < -0.4 is 15.4 Å². The average Bonchev–Trinajstić information content (AvgIpc) is 2.55. The second-order valence-electron chi connectivity index (χ2n) is 4.74. The van der Waals surface area contributed by atoms with Gasteiger partial charge in [-0.25, -0.2) is 13.2 Å². The van der Waals surface area contributed by atoms with Crippen molar-refractivity contribution >= 4 is 17.3 Å². The summed E-state index contributed by atoms with van der Waals surface area (Å²) in [5.41, 5.74) is 0.0392. The molecule has 0 unspecified atom stereocenters. The van der Waals surface area contributed by atoms with E-state index in [1.165, 1.54) is 6.07 Å². The van der Waals surface area contributed by atoms with Gasteiger partial charge in [0.1, 0.15) is 29.8 Å². The summed E-state index contributed by atoms with van der Waals surface area (Å²) in [6.07, 6.45) is 0. The van der Waals surface area contributed by atoms with Crippen molar-refractivity contribution in [3.05, 3.63) is 53.8 Å². The molecule has 128 valence electrons. The molecule has 0 aliphatic heterocycles. The fourth-order valence-corrected chi connectivity index (χ4v) is 1.88. The molecule has 2 aromatic rings. The van der Waals surface area contributed by atoms with E-state index in [2.05, 4.69) is 10.6 Å². The van der Waals surface area contributed by atoms with Crippen LogP contribution in [0.1, 0.15) is 0 Å². The van der Waals surface area contributed by atoms with Crippen LogP contribution in [0.25, 0.3) is 0 Å². The van der Waals surface area contributed by atoms with Gasteiger partial charge in [0.25, 0.3) is 0 Å². The number of aliphatic hydroxyl groups is 1. The summed E-state index contributed by atoms with van der Waals surface area (Å²) >= 11 is 0. The maximum atomic E-state index is 13.5. The average molecular weight is 340 g/mol. The predicted octanol–water partition coefficient (Wildman–Crippen LogP) is 2.53. The number of carbonyl (C=O) groups excluding carboxylic acids is 1. The number of halogens is 3. The maximum absolute atomic E-state index is 13.5. The van der Waals surface area contributed by atoms with E-state index in [0.29, 0.717) is 5.69 Å². The molecule has 5 nitrogen and oxygen atoms in total. The Morgan fingerprint density at radius 2 is 1.75 bits per heavy atom. The molecule has 0 spiro atoms. The molecule has 8 heteroatoms. The van der Waals surface area contributed by atoms with Gasteiger partial charge in [-0.2, -0.15) is 0 Å². The number of benzene rings is 2. The van der Waals surface area contributed by atoms with Gasteiger partial charge in [-0.15, -0.1) is 0 Å². The van der Waals surface area contributed by atoms with Gasteiger partial charge in [0.2, 0.25) is 5.91 Å². The van der Waals surface area contributed by atoms with Gasteiger partial charge in [-0.3, -0.25) is 4.79 Å². The van der Waals surface area contributed by atoms with Gasteiger partial charge in [0.05, 0.1) is 24.5 Å². The number of nitrogens with one attached hydrogen (secondary N) is 2. The Labute approximate surface area is 136 Å². The lowest BCUT2D eigenvalue weighted by atomic mass is 10.2. The molecule has 2 rings (SSSR count). The molecular weight excluding hydrogens is 325 g/mol. The van der Waals surface area contributed by atoms with E-state index in [1.807, 2.05) is 0 Å². The number of anilines is 2. The standard InChI is InChI=1S/C16H15F3N2O3/c17-10-1-3-12(19)14(7-10)21-16(23)9-20-13-4-2-11(18)8-15(13)24-6-5-22/h1-4,7-8,20,22H,5-6,9H2,(H,21,23). The van der Waals surface area contributed by atoms with Crippen molar-refractivity contribution in [2.24, 2.45) is 0 Å². The molecule has 24 heavy (non-hydrogen) atoms. The maximum Gasteiger partial charge on any atom is 0.243 e. The minimum absolute atomic E-state index is 0.0428. The number of amides is 1. The van der Waals surface area contributed by atoms with E-state index in [0.717, 1.165) is 30.3 Å². The van der Waals surface area contributed by atoms with Gasteiger partial charge in [0.15, 0.2) is 0 Å². The van der Waals surface area contributed by atoms with Gasteiger partial charge in [-0.1, -0.05) is 0 Å². The zero-order chi connectivity index (χ0) is 17.5. The van der Waals surface area contributed by atoms with Crippen molar-refractivity contribution in [3.8, 4) is 5.75 Å². The molecule has 0 saturated heterocycles. The van der Waals surface area contributed by atoms with Crippen molar-refractivity contribution < 1.29 is 27.8 Å². The van der Waals surface area contributed by atoms with E-state index < -0.39 is 23.4 Å². The lowest BCUT2D eigenvalue weighted by Gasteiger charge is -2.13. The van der Waals surface area contributed by atoms with Crippen molar-refractivity contribution in [2.75, 3.05) is 30.4 Å². The molecule has 0 bridgehead atoms. The lowest BCUT2D eigenvalue weighted by Crippen LogP contribution is -2.22. The minimum atomic E-state index is -0.765. The summed E-state index contributed by atoms with van der Waals surface area (Å²) in [5.74, 6) is -2.50. The first-order chi connectivity index (χ1) is 11.5. The van der Waals surface area contributed by atoms with E-state index in [1.54, 1.807) is 0 Å². The first-order valence-corrected chi connectivity index (χ1v) is 7.01. The van der Waals surface area contributed by atoms with E-state index in [9.17, 15) is 18.0 Å². The Kier molecular flexibility index (Phi) is 6.02. The Morgan fingerprint density at radius 1 is 1.04 bits per heavy atom. The molecule has 0 aliphatic rings. The monoisotopic (exact) mass is 340 g/mol. The van der Waals surface area contributed by atoms with Gasteiger partial charge in [-0.05, 0) is 24.3 Å². The second-order valence-corrected chi connectivity index (χ2v) is 4.74. The first kappa shape index (κ1) is 17.6. The van der Waals surface area contributed by atoms with Gasteiger partial charge >= 0.3 is 0 Å². The molecule has 0 aromatic heterocycles. The molecule has 0 saturated carbocycles. The van der Waals surface area contributed by atoms with Crippen LogP contribution in [0.4, 0.5) is 24.5 Å². The van der Waals surface area contributed by atoms with Crippen molar-refractivity contribution in [3.63, 3.8) is 0 Å². The zero-order valence-corrected chi connectivity index (χ0v) is 12.5. The summed E-state index contributed by atoms with van der Waals surface area (Å²) in [4.78, 5) is 11.8. The van der Waals surface area contributed by atoms with Crippen LogP contribution in [-0.4, -0.2) is 30.8 Å². The highest BCUT2D eigenvalue weighted by molar-refractivity contribution is 5.94. The molecular formula is C16H15F3N2O3. The third-order valence-electron chi connectivity index (χ3n) is 2.93. The third kappa shape index (κ3) is 4.88. The molecule has 0 aliphatic carbocycles. The highest BCUT2D eigenvalue weighted by atomic mass is 19.1. The van der Waals surface area contributed by atoms with Crippen molar-refractivity contribution in [1.82, 2.24) is 0 Å². The lowest BCUT2D eigenvalue weighted by molar-refractivity contribution is -0.114. The highest BCUT2D eigenvalue weighted by Gasteiger charge is 2.10. The number of ether oxygens (including phenoxy) is 1. The van der Waals surface area contributed by atoms with E-state index in [4.69, 9.17) is 9.84 Å². The predicted molar refractivity (Wildman–Crippen MR) is 82.5 cm³/mol. The molecule has 0 radical (unpaired) electrons. The number of rotatable bonds is 7. The fourth-order valence-electron chi connectivity index (χ4n) is 1.88. The Morgan fingerprint density at radius 3 is 2.50 bits per heavy atom. The number of aliphatic hydroxyl groups excluding tert-OH is 1. The Hall–Kier alpha value is -2.74. The Balaban J connectivity index is 2.00. The van der Waals surface area contributed by atoms with Gasteiger partial charge in [0, 0.05) is 12.1 Å². The summed E-state index contributed by atoms with van der Waals surface area (Å²) in [5, 5.41) is 13.7. The highest BCUT2D eigenvalue weighted by Crippen LogP contribution is 2.25. The van der Waals surface area contributed by atoms with Crippen molar-refractivity contribution in [2.45, 2.75) is 0 Å².